The van der Waals surface area contributed by atoms with Gasteiger partial charge in [-0.2, -0.15) is 0 Å². The van der Waals surface area contributed by atoms with Crippen LogP contribution in [-0.4, -0.2) is 43.7 Å². The van der Waals surface area contributed by atoms with Crippen molar-refractivity contribution in [2.24, 2.45) is 0 Å². The van der Waals surface area contributed by atoms with Crippen molar-refractivity contribution in [2.75, 3.05) is 27.6 Å². The second-order valence-electron chi connectivity index (χ2n) is 7.71. The number of halogens is 1. The molecule has 0 radical (unpaired) electrons. The highest BCUT2D eigenvalue weighted by Gasteiger charge is 2.38. The number of anilines is 3. The summed E-state index contributed by atoms with van der Waals surface area (Å²) in [4.78, 5) is 17.3. The average molecular weight is 490 g/mol. The van der Waals surface area contributed by atoms with Gasteiger partial charge in [-0.15, -0.1) is 10.2 Å². The van der Waals surface area contributed by atoms with E-state index in [-0.39, 0.29) is 22.0 Å². The van der Waals surface area contributed by atoms with E-state index in [2.05, 4.69) is 19.8 Å². The number of amides is 1. The van der Waals surface area contributed by atoms with Crippen molar-refractivity contribution in [3.05, 3.63) is 58.6 Å². The van der Waals surface area contributed by atoms with Crippen LogP contribution in [0.4, 0.5) is 16.5 Å². The number of hydrogen-bond acceptors (Lipinski definition) is 7. The lowest BCUT2D eigenvalue weighted by molar-refractivity contribution is -0.118. The Morgan fingerprint density at radius 1 is 1.12 bits per heavy atom. The second-order valence-corrected chi connectivity index (χ2v) is 10.7. The van der Waals surface area contributed by atoms with E-state index in [1.807, 2.05) is 18.2 Å². The number of sulfonamides is 1. The standard InChI is InChI=1S/C21H20ClN5O3S2/c22-15-3-8-18-14(12-15)2-1-10-27(18)19-9-11-26(20(19)28)16-4-6-17(7-5-16)32(29,30)25-21-24-23-13-31-21/h3-8,12-13,19H,1-2,9-11H2,(H,24,25)/t19-/m0/s1. The molecule has 11 heteroatoms. The summed E-state index contributed by atoms with van der Waals surface area (Å²) in [7, 11) is -3.77. The Kier molecular flexibility index (Phi) is 5.52. The van der Waals surface area contributed by atoms with E-state index < -0.39 is 10.0 Å². The van der Waals surface area contributed by atoms with Crippen LogP contribution in [0.1, 0.15) is 18.4 Å². The zero-order valence-electron chi connectivity index (χ0n) is 16.9. The quantitative estimate of drug-likeness (QED) is 0.588. The molecule has 1 amide bonds. The third-order valence-electron chi connectivity index (χ3n) is 5.79. The molecule has 1 saturated heterocycles. The molecule has 3 heterocycles. The van der Waals surface area contributed by atoms with Gasteiger partial charge in [-0.3, -0.25) is 9.52 Å². The van der Waals surface area contributed by atoms with Gasteiger partial charge in [0.2, 0.25) is 11.0 Å². The fourth-order valence-electron chi connectivity index (χ4n) is 4.33. The fourth-order valence-corrected chi connectivity index (χ4v) is 6.21. The first-order valence-electron chi connectivity index (χ1n) is 10.2. The van der Waals surface area contributed by atoms with E-state index in [1.165, 1.54) is 23.2 Å². The predicted octanol–water partition coefficient (Wildman–Crippen LogP) is 3.55. The number of rotatable bonds is 5. The van der Waals surface area contributed by atoms with Gasteiger partial charge in [0.05, 0.1) is 4.90 Å². The molecule has 0 bridgehead atoms. The summed E-state index contributed by atoms with van der Waals surface area (Å²) in [5.41, 5.74) is 4.38. The van der Waals surface area contributed by atoms with Gasteiger partial charge in [0.25, 0.3) is 10.0 Å². The molecule has 2 aliphatic rings. The van der Waals surface area contributed by atoms with Gasteiger partial charge in [-0.05, 0) is 67.3 Å². The van der Waals surface area contributed by atoms with Crippen molar-refractivity contribution >= 4 is 55.4 Å². The minimum absolute atomic E-state index is 0.0235. The number of carbonyl (C=O) groups is 1. The normalized spacial score (nSPS) is 18.7. The molecular weight excluding hydrogens is 470 g/mol. The highest BCUT2D eigenvalue weighted by molar-refractivity contribution is 7.93. The molecule has 3 aromatic rings. The van der Waals surface area contributed by atoms with Crippen molar-refractivity contribution in [3.63, 3.8) is 0 Å². The Bertz CT molecular complexity index is 1250. The number of benzene rings is 2. The molecule has 0 unspecified atom stereocenters. The molecule has 1 aromatic heterocycles. The zero-order valence-corrected chi connectivity index (χ0v) is 19.3. The maximum atomic E-state index is 13.3. The number of aryl methyl sites for hydroxylation is 1. The fraction of sp³-hybridized carbons (Fsp3) is 0.286. The summed E-state index contributed by atoms with van der Waals surface area (Å²) in [6.07, 6.45) is 2.64. The summed E-state index contributed by atoms with van der Waals surface area (Å²) in [5.74, 6) is 0.0235. The Hall–Kier alpha value is -2.69. The lowest BCUT2D eigenvalue weighted by atomic mass is 9.99. The van der Waals surface area contributed by atoms with E-state index in [0.29, 0.717) is 23.7 Å². The van der Waals surface area contributed by atoms with Crippen LogP contribution in [-0.2, 0) is 21.2 Å². The molecule has 32 heavy (non-hydrogen) atoms. The minimum Gasteiger partial charge on any atom is -0.359 e. The first-order valence-corrected chi connectivity index (χ1v) is 12.9. The van der Waals surface area contributed by atoms with Gasteiger partial charge in [-0.25, -0.2) is 8.42 Å². The first-order chi connectivity index (χ1) is 15.4. The van der Waals surface area contributed by atoms with Crippen LogP contribution in [0.5, 0.6) is 0 Å². The number of nitrogens with one attached hydrogen (secondary N) is 1. The van der Waals surface area contributed by atoms with Crippen molar-refractivity contribution in [2.45, 2.75) is 30.2 Å². The lowest BCUT2D eigenvalue weighted by Gasteiger charge is -2.35. The Balaban J connectivity index is 1.34. The number of carbonyl (C=O) groups excluding carboxylic acids is 1. The van der Waals surface area contributed by atoms with E-state index in [9.17, 15) is 13.2 Å². The van der Waals surface area contributed by atoms with Crippen molar-refractivity contribution in [3.8, 4) is 0 Å². The van der Waals surface area contributed by atoms with Crippen LogP contribution in [0.15, 0.2) is 52.9 Å². The molecule has 2 aromatic carbocycles. The van der Waals surface area contributed by atoms with Crippen molar-refractivity contribution in [1.82, 2.24) is 10.2 Å². The second kappa shape index (κ2) is 8.34. The van der Waals surface area contributed by atoms with Crippen LogP contribution < -0.4 is 14.5 Å². The monoisotopic (exact) mass is 489 g/mol. The molecule has 1 atom stereocenters. The minimum atomic E-state index is -3.77. The highest BCUT2D eigenvalue weighted by atomic mass is 35.5. The number of hydrogen-bond donors (Lipinski definition) is 1. The number of nitrogens with zero attached hydrogens (tertiary/aromatic N) is 4. The van der Waals surface area contributed by atoms with Gasteiger partial charge in [0.15, 0.2) is 0 Å². The number of fused-ring (bicyclic) bond motifs is 1. The van der Waals surface area contributed by atoms with Gasteiger partial charge >= 0.3 is 0 Å². The molecule has 166 valence electrons. The highest BCUT2D eigenvalue weighted by Crippen LogP contribution is 2.35. The predicted molar refractivity (Wildman–Crippen MR) is 125 cm³/mol. The molecule has 2 aliphatic heterocycles. The Morgan fingerprint density at radius 3 is 2.69 bits per heavy atom. The molecule has 1 fully saturated rings. The average Bonchev–Trinajstić information content (AvgIpc) is 3.42. The maximum absolute atomic E-state index is 13.3. The van der Waals surface area contributed by atoms with Crippen LogP contribution in [0.3, 0.4) is 0 Å². The number of aromatic nitrogens is 2. The summed E-state index contributed by atoms with van der Waals surface area (Å²) in [6, 6.07) is 11.9. The van der Waals surface area contributed by atoms with Gasteiger partial charge in [0.1, 0.15) is 11.6 Å². The topological polar surface area (TPSA) is 95.5 Å². The molecule has 1 N–H and O–H groups in total. The Labute approximate surface area is 194 Å². The van der Waals surface area contributed by atoms with Gasteiger partial charge in [-0.1, -0.05) is 22.9 Å². The van der Waals surface area contributed by atoms with Crippen LogP contribution in [0.2, 0.25) is 5.02 Å². The molecule has 0 saturated carbocycles. The van der Waals surface area contributed by atoms with E-state index in [4.69, 9.17) is 11.6 Å². The van der Waals surface area contributed by atoms with Crippen molar-refractivity contribution in [1.29, 1.82) is 0 Å². The molecule has 0 aliphatic carbocycles. The van der Waals surface area contributed by atoms with E-state index in [1.54, 1.807) is 17.0 Å². The van der Waals surface area contributed by atoms with Crippen LogP contribution >= 0.6 is 22.9 Å². The summed E-state index contributed by atoms with van der Waals surface area (Å²) >= 11 is 7.25. The molecule has 8 nitrogen and oxygen atoms in total. The Morgan fingerprint density at radius 2 is 1.94 bits per heavy atom. The molecule has 0 spiro atoms. The van der Waals surface area contributed by atoms with E-state index in [0.717, 1.165) is 36.4 Å². The zero-order chi connectivity index (χ0) is 22.3. The maximum Gasteiger partial charge on any atom is 0.263 e. The largest absolute Gasteiger partial charge is 0.359 e. The van der Waals surface area contributed by atoms with Crippen LogP contribution in [0.25, 0.3) is 0 Å². The van der Waals surface area contributed by atoms with Gasteiger partial charge in [0, 0.05) is 29.5 Å². The van der Waals surface area contributed by atoms with Crippen LogP contribution in [0, 0.1) is 0 Å². The molecule has 5 rings (SSSR count). The van der Waals surface area contributed by atoms with Gasteiger partial charge < -0.3 is 9.80 Å². The van der Waals surface area contributed by atoms with E-state index >= 15 is 0 Å². The summed E-state index contributed by atoms with van der Waals surface area (Å²) < 4.78 is 27.5. The third-order valence-corrected chi connectivity index (χ3v) is 8.12. The summed E-state index contributed by atoms with van der Waals surface area (Å²) in [5, 5.41) is 8.24. The van der Waals surface area contributed by atoms with Crippen molar-refractivity contribution < 1.29 is 13.2 Å². The SMILES string of the molecule is O=C1[C@@H](N2CCCc3cc(Cl)ccc32)CCN1c1ccc(S(=O)(=O)Nc2nncs2)cc1. The smallest absolute Gasteiger partial charge is 0.263 e. The lowest BCUT2D eigenvalue weighted by Crippen LogP contribution is -2.44. The summed E-state index contributed by atoms with van der Waals surface area (Å²) in [6.45, 7) is 1.41. The first kappa shape index (κ1) is 21.2. The third kappa shape index (κ3) is 3.94. The molecular formula is C21H20ClN5O3S2.